The minimum Gasteiger partial charge on any atom is -0.452 e. The Morgan fingerprint density at radius 1 is 1.47 bits per heavy atom. The van der Waals surface area contributed by atoms with Crippen molar-refractivity contribution in [3.8, 4) is 6.07 Å². The number of carbonyl (C=O) groups excluding carboxylic acids is 2. The van der Waals surface area contributed by atoms with Gasteiger partial charge in [0.1, 0.15) is 6.42 Å². The summed E-state index contributed by atoms with van der Waals surface area (Å²) in [7, 11) is -3.25. The van der Waals surface area contributed by atoms with E-state index in [0.29, 0.717) is 0 Å². The van der Waals surface area contributed by atoms with E-state index in [4.69, 9.17) is 5.26 Å². The van der Waals surface area contributed by atoms with Crippen LogP contribution in [0.4, 0.5) is 4.79 Å². The molecule has 0 rings (SSSR count). The second-order valence-corrected chi connectivity index (χ2v) is 3.50. The number of hydrazine groups is 1. The zero-order valence-electron chi connectivity index (χ0n) is 7.60. The van der Waals surface area contributed by atoms with E-state index in [0.717, 1.165) is 7.11 Å². The van der Waals surface area contributed by atoms with E-state index < -0.39 is 28.6 Å². The molecule has 0 spiro atoms. The zero-order chi connectivity index (χ0) is 11.9. The van der Waals surface area contributed by atoms with Gasteiger partial charge in [0.15, 0.2) is 0 Å². The van der Waals surface area contributed by atoms with E-state index in [2.05, 4.69) is 4.74 Å². The molecule has 0 aliphatic heterocycles. The SMILES string of the molecule is COC(=O)NS(=O)(=O)NNC(=O)CC#N. The lowest BCUT2D eigenvalue weighted by Gasteiger charge is -2.06. The number of ether oxygens (including phenoxy) is 1. The van der Waals surface area contributed by atoms with Gasteiger partial charge in [0.25, 0.3) is 0 Å². The zero-order valence-corrected chi connectivity index (χ0v) is 8.42. The highest BCUT2D eigenvalue weighted by Gasteiger charge is 2.14. The Kier molecular flexibility index (Phi) is 5.07. The first-order valence-electron chi connectivity index (χ1n) is 3.44. The van der Waals surface area contributed by atoms with Gasteiger partial charge < -0.3 is 4.74 Å². The average Bonchev–Trinajstić information content (AvgIpc) is 2.15. The molecule has 0 heterocycles. The maximum Gasteiger partial charge on any atom is 0.421 e. The maximum atomic E-state index is 10.9. The van der Waals surface area contributed by atoms with Crippen molar-refractivity contribution in [1.29, 1.82) is 5.26 Å². The molecule has 0 bridgehead atoms. The van der Waals surface area contributed by atoms with Crippen LogP contribution in [0.15, 0.2) is 0 Å². The fraction of sp³-hybridized carbons (Fsp3) is 0.400. The summed E-state index contributed by atoms with van der Waals surface area (Å²) in [6.07, 6.45) is -1.72. The third-order valence-corrected chi connectivity index (χ3v) is 1.77. The third kappa shape index (κ3) is 6.24. The van der Waals surface area contributed by atoms with Crippen molar-refractivity contribution in [2.45, 2.75) is 6.42 Å². The van der Waals surface area contributed by atoms with Crippen LogP contribution in [0.5, 0.6) is 0 Å². The largest absolute Gasteiger partial charge is 0.452 e. The normalized spacial score (nSPS) is 9.87. The summed E-state index contributed by atoms with van der Waals surface area (Å²) in [5.74, 6) is -0.854. The fourth-order valence-corrected chi connectivity index (χ4v) is 1.02. The molecule has 0 aromatic carbocycles. The Balaban J connectivity index is 4.12. The van der Waals surface area contributed by atoms with Crippen LogP contribution in [0.3, 0.4) is 0 Å². The molecule has 10 heteroatoms. The molecule has 2 amide bonds. The first kappa shape index (κ1) is 13.1. The molecular weight excluding hydrogens is 228 g/mol. The number of carbonyl (C=O) groups is 2. The van der Waals surface area contributed by atoms with E-state index in [1.165, 1.54) is 15.6 Å². The Labute approximate surface area is 85.5 Å². The van der Waals surface area contributed by atoms with Gasteiger partial charge in [0.05, 0.1) is 13.2 Å². The molecule has 0 aliphatic rings. The van der Waals surface area contributed by atoms with Crippen molar-refractivity contribution in [3.05, 3.63) is 0 Å². The second kappa shape index (κ2) is 5.78. The molecule has 9 nitrogen and oxygen atoms in total. The molecule has 0 aromatic heterocycles. The quantitative estimate of drug-likeness (QED) is 0.488. The molecule has 84 valence electrons. The molecule has 0 aromatic rings. The highest BCUT2D eigenvalue weighted by Crippen LogP contribution is 1.79. The van der Waals surface area contributed by atoms with E-state index in [9.17, 15) is 18.0 Å². The van der Waals surface area contributed by atoms with Gasteiger partial charge in [-0.25, -0.2) is 9.52 Å². The monoisotopic (exact) mass is 236 g/mol. The molecule has 0 atom stereocenters. The van der Waals surface area contributed by atoms with Crippen LogP contribution in [0.1, 0.15) is 6.42 Å². The Morgan fingerprint density at radius 3 is 2.53 bits per heavy atom. The minimum atomic E-state index is -4.22. The lowest BCUT2D eigenvalue weighted by atomic mass is 10.5. The highest BCUT2D eigenvalue weighted by molar-refractivity contribution is 7.88. The summed E-state index contributed by atoms with van der Waals surface area (Å²) >= 11 is 0. The van der Waals surface area contributed by atoms with Gasteiger partial charge in [-0.1, -0.05) is 0 Å². The molecule has 0 unspecified atom stereocenters. The highest BCUT2D eigenvalue weighted by atomic mass is 32.2. The van der Waals surface area contributed by atoms with Crippen molar-refractivity contribution < 1.29 is 22.7 Å². The summed E-state index contributed by atoms with van der Waals surface area (Å²) in [5, 5.41) is 8.07. The maximum absolute atomic E-state index is 10.9. The van der Waals surface area contributed by atoms with Gasteiger partial charge in [-0.15, -0.1) is 4.83 Å². The third-order valence-electron chi connectivity index (χ3n) is 0.968. The van der Waals surface area contributed by atoms with Crippen LogP contribution < -0.4 is 15.0 Å². The van der Waals surface area contributed by atoms with Gasteiger partial charge in [-0.3, -0.25) is 10.2 Å². The van der Waals surface area contributed by atoms with E-state index in [-0.39, 0.29) is 0 Å². The molecule has 15 heavy (non-hydrogen) atoms. The molecule has 3 N–H and O–H groups in total. The number of hydrogen-bond acceptors (Lipinski definition) is 6. The van der Waals surface area contributed by atoms with Gasteiger partial charge in [0.2, 0.25) is 5.91 Å². The van der Waals surface area contributed by atoms with Crippen LogP contribution >= 0.6 is 0 Å². The van der Waals surface area contributed by atoms with Gasteiger partial charge in [0, 0.05) is 0 Å². The van der Waals surface area contributed by atoms with E-state index in [1.807, 2.05) is 0 Å². The van der Waals surface area contributed by atoms with Crippen molar-refractivity contribution in [1.82, 2.24) is 15.0 Å². The molecule has 0 saturated carbocycles. The topological polar surface area (TPSA) is 137 Å². The van der Waals surface area contributed by atoms with Crippen LogP contribution in [-0.4, -0.2) is 27.5 Å². The van der Waals surface area contributed by atoms with Crippen molar-refractivity contribution in [2.75, 3.05) is 7.11 Å². The summed E-state index contributed by atoms with van der Waals surface area (Å²) in [5.41, 5.74) is 1.68. The predicted molar refractivity (Wildman–Crippen MR) is 46.0 cm³/mol. The lowest BCUT2D eigenvalue weighted by Crippen LogP contribution is -2.48. The molecular formula is C5H8N4O5S. The second-order valence-electron chi connectivity index (χ2n) is 2.08. The van der Waals surface area contributed by atoms with Gasteiger partial charge in [-0.05, 0) is 0 Å². The Hall–Kier alpha value is -1.86. The number of methoxy groups -OCH3 is 1. The smallest absolute Gasteiger partial charge is 0.421 e. The number of nitrogens with zero attached hydrogens (tertiary/aromatic N) is 1. The Morgan fingerprint density at radius 2 is 2.07 bits per heavy atom. The number of nitriles is 1. The van der Waals surface area contributed by atoms with Crippen molar-refractivity contribution in [3.63, 3.8) is 0 Å². The standard InChI is InChI=1S/C5H8N4O5S/c1-14-5(11)8-15(12,13)9-7-4(10)2-3-6/h9H,2H2,1H3,(H,7,10)(H,8,11). The molecule has 0 fully saturated rings. The van der Waals surface area contributed by atoms with Crippen molar-refractivity contribution in [2.24, 2.45) is 0 Å². The summed E-state index contributed by atoms with van der Waals surface area (Å²) in [4.78, 5) is 22.6. The number of nitrogens with one attached hydrogen (secondary N) is 3. The molecule has 0 radical (unpaired) electrons. The first-order chi connectivity index (χ1) is 6.91. The van der Waals surface area contributed by atoms with E-state index in [1.54, 1.807) is 5.43 Å². The first-order valence-corrected chi connectivity index (χ1v) is 4.93. The van der Waals surface area contributed by atoms with E-state index >= 15 is 0 Å². The number of rotatable bonds is 4. The average molecular weight is 236 g/mol. The Bertz CT molecular complexity index is 383. The molecule has 0 saturated heterocycles. The fourth-order valence-electron chi connectivity index (χ4n) is 0.417. The van der Waals surface area contributed by atoms with Crippen LogP contribution in [0.25, 0.3) is 0 Å². The summed E-state index contributed by atoms with van der Waals surface area (Å²) in [6, 6.07) is 1.50. The molecule has 0 aliphatic carbocycles. The van der Waals surface area contributed by atoms with Crippen LogP contribution in [-0.2, 0) is 19.7 Å². The predicted octanol–water partition coefficient (Wildman–Crippen LogP) is -1.88. The van der Waals surface area contributed by atoms with Crippen LogP contribution in [0.2, 0.25) is 0 Å². The lowest BCUT2D eigenvalue weighted by molar-refractivity contribution is -0.120. The van der Waals surface area contributed by atoms with Gasteiger partial charge in [-0.2, -0.15) is 13.7 Å². The minimum absolute atomic E-state index is 0.513. The number of hydrogen-bond donors (Lipinski definition) is 3. The van der Waals surface area contributed by atoms with Crippen molar-refractivity contribution >= 4 is 22.2 Å². The van der Waals surface area contributed by atoms with Gasteiger partial charge >= 0.3 is 16.3 Å². The number of amides is 2. The summed E-state index contributed by atoms with van der Waals surface area (Å²) in [6.45, 7) is 0. The summed E-state index contributed by atoms with van der Waals surface area (Å²) < 4.78 is 27.2. The van der Waals surface area contributed by atoms with Crippen LogP contribution in [0, 0.1) is 11.3 Å².